The van der Waals surface area contributed by atoms with Crippen molar-refractivity contribution >= 4 is 24.0 Å². The minimum Gasteiger partial charge on any atom is -0.478 e. The van der Waals surface area contributed by atoms with Gasteiger partial charge in [0.05, 0.1) is 6.54 Å². The first-order valence-corrected chi connectivity index (χ1v) is 6.03. The lowest BCUT2D eigenvalue weighted by atomic mass is 10.1. The summed E-state index contributed by atoms with van der Waals surface area (Å²) in [5.74, 6) is -1.26. The Labute approximate surface area is 115 Å². The minimum atomic E-state index is -1.03. The second-order valence-corrected chi connectivity index (χ2v) is 4.54. The van der Waals surface area contributed by atoms with Crippen LogP contribution in [0, 0.1) is 0 Å². The molecular formula is C14H14N2O4. The summed E-state index contributed by atoms with van der Waals surface area (Å²) in [6, 6.07) is 6.73. The van der Waals surface area contributed by atoms with Crippen LogP contribution >= 0.6 is 0 Å². The van der Waals surface area contributed by atoms with Gasteiger partial charge in [-0.1, -0.05) is 18.2 Å². The Hall–Kier alpha value is -2.63. The molecule has 20 heavy (non-hydrogen) atoms. The van der Waals surface area contributed by atoms with Crippen LogP contribution < -0.4 is 0 Å². The molecule has 0 aromatic heterocycles. The van der Waals surface area contributed by atoms with Crippen molar-refractivity contribution in [2.75, 3.05) is 13.6 Å². The summed E-state index contributed by atoms with van der Waals surface area (Å²) >= 11 is 0. The maximum atomic E-state index is 11.8. The van der Waals surface area contributed by atoms with Crippen LogP contribution in [0.15, 0.2) is 30.3 Å². The van der Waals surface area contributed by atoms with Crippen LogP contribution in [-0.2, 0) is 16.1 Å². The molecule has 3 amide bonds. The molecular weight excluding hydrogens is 260 g/mol. The zero-order chi connectivity index (χ0) is 14.7. The lowest BCUT2D eigenvalue weighted by molar-refractivity contribution is -0.131. The molecule has 6 heteroatoms. The number of carboxylic acid groups (broad SMARTS) is 1. The van der Waals surface area contributed by atoms with Crippen molar-refractivity contribution in [3.63, 3.8) is 0 Å². The summed E-state index contributed by atoms with van der Waals surface area (Å²) in [6.45, 7) is 0.286. The lowest BCUT2D eigenvalue weighted by Crippen LogP contribution is -2.31. The van der Waals surface area contributed by atoms with E-state index in [9.17, 15) is 14.4 Å². The standard InChI is InChI=1S/C14H14N2O4/c1-15-9-12(17)16(14(15)20)8-11-4-2-3-10(7-11)5-6-13(18)19/h2-7H,8-9H2,1H3,(H,18,19). The number of hydrogen-bond acceptors (Lipinski definition) is 3. The number of imide groups is 1. The number of nitrogens with zero attached hydrogens (tertiary/aromatic N) is 2. The van der Waals surface area contributed by atoms with Crippen LogP contribution in [0.25, 0.3) is 6.08 Å². The van der Waals surface area contributed by atoms with Gasteiger partial charge in [0, 0.05) is 13.1 Å². The Kier molecular flexibility index (Phi) is 3.84. The molecule has 0 atom stereocenters. The molecule has 1 aliphatic heterocycles. The van der Waals surface area contributed by atoms with E-state index < -0.39 is 5.97 Å². The van der Waals surface area contributed by atoms with Gasteiger partial charge in [0.25, 0.3) is 5.91 Å². The number of hydrogen-bond donors (Lipinski definition) is 1. The van der Waals surface area contributed by atoms with E-state index in [0.717, 1.165) is 11.6 Å². The monoisotopic (exact) mass is 274 g/mol. The zero-order valence-electron chi connectivity index (χ0n) is 10.9. The third kappa shape index (κ3) is 3.03. The van der Waals surface area contributed by atoms with Crippen LogP contribution in [0.4, 0.5) is 4.79 Å². The van der Waals surface area contributed by atoms with Crippen molar-refractivity contribution < 1.29 is 19.5 Å². The number of carbonyl (C=O) groups excluding carboxylic acids is 2. The van der Waals surface area contributed by atoms with E-state index in [1.165, 1.54) is 15.9 Å². The second-order valence-electron chi connectivity index (χ2n) is 4.54. The quantitative estimate of drug-likeness (QED) is 0.660. The fourth-order valence-electron chi connectivity index (χ4n) is 1.97. The molecule has 1 saturated heterocycles. The molecule has 0 radical (unpaired) electrons. The Morgan fingerprint density at radius 1 is 1.40 bits per heavy atom. The average molecular weight is 274 g/mol. The maximum Gasteiger partial charge on any atom is 0.328 e. The predicted molar refractivity (Wildman–Crippen MR) is 71.7 cm³/mol. The highest BCUT2D eigenvalue weighted by molar-refractivity contribution is 6.01. The van der Waals surface area contributed by atoms with Gasteiger partial charge in [-0.3, -0.25) is 9.69 Å². The van der Waals surface area contributed by atoms with Crippen LogP contribution in [0.3, 0.4) is 0 Å². The molecule has 1 fully saturated rings. The molecule has 1 aromatic rings. The Bertz CT molecular complexity index is 595. The number of urea groups is 1. The minimum absolute atomic E-state index is 0.0947. The SMILES string of the molecule is CN1CC(=O)N(Cc2cccc(C=CC(=O)O)c2)C1=O. The number of carboxylic acids is 1. The average Bonchev–Trinajstić information content (AvgIpc) is 2.64. The topological polar surface area (TPSA) is 77.9 Å². The van der Waals surface area contributed by atoms with Crippen LogP contribution in [-0.4, -0.2) is 46.4 Å². The molecule has 0 bridgehead atoms. The molecule has 6 nitrogen and oxygen atoms in total. The van der Waals surface area contributed by atoms with E-state index >= 15 is 0 Å². The largest absolute Gasteiger partial charge is 0.478 e. The molecule has 0 aliphatic carbocycles. The van der Waals surface area contributed by atoms with E-state index in [1.807, 2.05) is 0 Å². The third-order valence-electron chi connectivity index (χ3n) is 2.94. The van der Waals surface area contributed by atoms with Crippen molar-refractivity contribution in [3.05, 3.63) is 41.5 Å². The molecule has 1 heterocycles. The highest BCUT2D eigenvalue weighted by atomic mass is 16.4. The highest BCUT2D eigenvalue weighted by Crippen LogP contribution is 2.15. The number of aliphatic carboxylic acids is 1. The van der Waals surface area contributed by atoms with Crippen LogP contribution in [0.2, 0.25) is 0 Å². The maximum absolute atomic E-state index is 11.8. The third-order valence-corrected chi connectivity index (χ3v) is 2.94. The summed E-state index contributed by atoms with van der Waals surface area (Å²) in [7, 11) is 1.58. The summed E-state index contributed by atoms with van der Waals surface area (Å²) in [6.07, 6.45) is 2.50. The van der Waals surface area contributed by atoms with E-state index in [4.69, 9.17) is 5.11 Å². The van der Waals surface area contributed by atoms with Crippen molar-refractivity contribution in [2.24, 2.45) is 0 Å². The summed E-state index contributed by atoms with van der Waals surface area (Å²) < 4.78 is 0. The number of rotatable bonds is 4. The van der Waals surface area contributed by atoms with Crippen molar-refractivity contribution in [1.82, 2.24) is 9.80 Å². The Balaban J connectivity index is 2.14. The first kappa shape index (κ1) is 13.8. The first-order valence-electron chi connectivity index (χ1n) is 6.03. The van der Waals surface area contributed by atoms with Crippen molar-refractivity contribution in [3.8, 4) is 0 Å². The first-order chi connectivity index (χ1) is 9.47. The lowest BCUT2D eigenvalue weighted by Gasteiger charge is -2.14. The summed E-state index contributed by atoms with van der Waals surface area (Å²) in [5, 5.41) is 8.58. The molecule has 1 aliphatic rings. The molecule has 0 saturated carbocycles. The number of likely N-dealkylation sites (N-methyl/N-ethyl adjacent to an activating group) is 1. The molecule has 1 aromatic carbocycles. The normalized spacial score (nSPS) is 15.4. The molecule has 0 unspecified atom stereocenters. The van der Waals surface area contributed by atoms with Gasteiger partial charge in [0.15, 0.2) is 0 Å². The zero-order valence-corrected chi connectivity index (χ0v) is 10.9. The van der Waals surface area contributed by atoms with E-state index in [2.05, 4.69) is 0 Å². The van der Waals surface area contributed by atoms with E-state index in [-0.39, 0.29) is 25.0 Å². The van der Waals surface area contributed by atoms with Gasteiger partial charge in [-0.15, -0.1) is 0 Å². The molecule has 104 valence electrons. The van der Waals surface area contributed by atoms with Crippen molar-refractivity contribution in [2.45, 2.75) is 6.54 Å². The van der Waals surface area contributed by atoms with Gasteiger partial charge in [0.1, 0.15) is 6.54 Å². The van der Waals surface area contributed by atoms with Crippen LogP contribution in [0.5, 0.6) is 0 Å². The van der Waals surface area contributed by atoms with E-state index in [1.54, 1.807) is 31.3 Å². The molecule has 0 spiro atoms. The number of amides is 3. The van der Waals surface area contributed by atoms with E-state index in [0.29, 0.717) is 5.56 Å². The predicted octanol–water partition coefficient (Wildman–Crippen LogP) is 1.18. The summed E-state index contributed by atoms with van der Waals surface area (Å²) in [4.78, 5) is 36.4. The van der Waals surface area contributed by atoms with Gasteiger partial charge in [0.2, 0.25) is 0 Å². The number of benzene rings is 1. The highest BCUT2D eigenvalue weighted by Gasteiger charge is 2.33. The van der Waals surface area contributed by atoms with Crippen molar-refractivity contribution in [1.29, 1.82) is 0 Å². The number of carbonyl (C=O) groups is 3. The molecule has 2 rings (SSSR count). The second kappa shape index (κ2) is 5.56. The fourth-order valence-corrected chi connectivity index (χ4v) is 1.97. The molecule has 1 N–H and O–H groups in total. The van der Waals surface area contributed by atoms with Crippen LogP contribution in [0.1, 0.15) is 11.1 Å². The van der Waals surface area contributed by atoms with Gasteiger partial charge < -0.3 is 10.0 Å². The Morgan fingerprint density at radius 3 is 2.75 bits per heavy atom. The fraction of sp³-hybridized carbons (Fsp3) is 0.214. The van der Waals surface area contributed by atoms with Gasteiger partial charge in [-0.05, 0) is 23.3 Å². The van der Waals surface area contributed by atoms with Gasteiger partial charge >= 0.3 is 12.0 Å². The van der Waals surface area contributed by atoms with Gasteiger partial charge in [-0.25, -0.2) is 9.59 Å². The summed E-state index contributed by atoms with van der Waals surface area (Å²) in [5.41, 5.74) is 1.48. The Morgan fingerprint density at radius 2 is 2.15 bits per heavy atom. The van der Waals surface area contributed by atoms with Gasteiger partial charge in [-0.2, -0.15) is 0 Å². The smallest absolute Gasteiger partial charge is 0.328 e.